The van der Waals surface area contributed by atoms with Crippen molar-refractivity contribution in [2.75, 3.05) is 20.1 Å². The molecule has 9 nitrogen and oxygen atoms in total. The minimum Gasteiger partial charge on any atom is -0.508 e. The van der Waals surface area contributed by atoms with E-state index in [1.807, 2.05) is 18.2 Å². The molecule has 4 amide bonds. The Hall–Kier alpha value is -4.65. The van der Waals surface area contributed by atoms with E-state index in [1.54, 1.807) is 12.1 Å². The summed E-state index contributed by atoms with van der Waals surface area (Å²) in [4.78, 5) is 42.9. The van der Waals surface area contributed by atoms with Gasteiger partial charge in [0.1, 0.15) is 17.6 Å². The largest absolute Gasteiger partial charge is 0.508 e. The average molecular weight is 600 g/mol. The van der Waals surface area contributed by atoms with Crippen LogP contribution in [-0.4, -0.2) is 68.9 Å². The molecule has 0 spiro atoms. The van der Waals surface area contributed by atoms with Gasteiger partial charge in [0.05, 0.1) is 24.9 Å². The number of hydrazine groups is 1. The molecule has 2 N–H and O–H groups in total. The fourth-order valence-corrected chi connectivity index (χ4v) is 5.30. The van der Waals surface area contributed by atoms with Crippen molar-refractivity contribution in [3.8, 4) is 5.75 Å². The Kier molecular flexibility index (Phi) is 8.27. The molecule has 2 aromatic rings. The number of nitrogens with zero attached hydrogens (tertiary/aromatic N) is 4. The highest BCUT2D eigenvalue weighted by Crippen LogP contribution is 2.35. The zero-order chi connectivity index (χ0) is 30.9. The van der Waals surface area contributed by atoms with E-state index in [-0.39, 0.29) is 36.6 Å². The molecule has 1 fully saturated rings. The molecule has 1 atom stereocenters. The van der Waals surface area contributed by atoms with Crippen molar-refractivity contribution >= 4 is 17.8 Å². The normalized spacial score (nSPS) is 19.3. The number of alkyl halides is 3. The van der Waals surface area contributed by atoms with Crippen molar-refractivity contribution in [2.24, 2.45) is 0 Å². The second-order valence-corrected chi connectivity index (χ2v) is 10.4. The van der Waals surface area contributed by atoms with Crippen LogP contribution in [0, 0.1) is 5.82 Å². The van der Waals surface area contributed by atoms with E-state index in [9.17, 15) is 37.1 Å². The molecular formula is C30H29F4N5O4. The first-order chi connectivity index (χ1) is 20.4. The van der Waals surface area contributed by atoms with E-state index in [4.69, 9.17) is 0 Å². The van der Waals surface area contributed by atoms with Crippen LogP contribution < -0.4 is 5.32 Å². The number of phenols is 1. The number of allylic oxidation sites excluding steroid dienone is 2. The van der Waals surface area contributed by atoms with Crippen LogP contribution in [0.1, 0.15) is 29.5 Å². The van der Waals surface area contributed by atoms with E-state index in [2.05, 4.69) is 5.32 Å². The molecule has 0 radical (unpaired) electrons. The number of amides is 4. The lowest BCUT2D eigenvalue weighted by Gasteiger charge is -2.48. The fourth-order valence-electron chi connectivity index (χ4n) is 5.30. The summed E-state index contributed by atoms with van der Waals surface area (Å²) >= 11 is 0. The van der Waals surface area contributed by atoms with Gasteiger partial charge in [0.25, 0.3) is 5.91 Å². The van der Waals surface area contributed by atoms with E-state index in [0.717, 1.165) is 35.4 Å². The first kappa shape index (κ1) is 29.8. The summed E-state index contributed by atoms with van der Waals surface area (Å²) in [6, 6.07) is 6.30. The summed E-state index contributed by atoms with van der Waals surface area (Å²) in [6.07, 6.45) is 3.83. The minimum atomic E-state index is -4.89. The number of likely N-dealkylation sites (N-methyl/N-ethyl adjacent to an activating group) is 1. The number of aromatic hydroxyl groups is 1. The van der Waals surface area contributed by atoms with Gasteiger partial charge in [0.15, 0.2) is 5.82 Å². The monoisotopic (exact) mass is 599 g/mol. The van der Waals surface area contributed by atoms with Crippen LogP contribution in [0.5, 0.6) is 5.75 Å². The van der Waals surface area contributed by atoms with Crippen LogP contribution in [0.4, 0.5) is 22.4 Å². The molecular weight excluding hydrogens is 570 g/mol. The van der Waals surface area contributed by atoms with Crippen LogP contribution in [0.25, 0.3) is 0 Å². The van der Waals surface area contributed by atoms with Gasteiger partial charge in [-0.25, -0.2) is 19.2 Å². The molecule has 0 aromatic heterocycles. The SMILES string of the molecule is CN1CC(=O)N2C(=CN(Cc3ccc(F)cc3C(F)(F)F)C(=O)[C@@H]2Cc2ccc(O)cc2)N1C(=O)NCC1=CCCC=C1. The predicted octanol–water partition coefficient (Wildman–Crippen LogP) is 4.28. The number of nitrogens with one attached hydrogen (secondary N) is 1. The minimum absolute atomic E-state index is 0.0154. The van der Waals surface area contributed by atoms with Gasteiger partial charge >= 0.3 is 12.2 Å². The maximum Gasteiger partial charge on any atom is 0.416 e. The lowest BCUT2D eigenvalue weighted by Crippen LogP contribution is -2.66. The molecule has 1 saturated heterocycles. The van der Waals surface area contributed by atoms with E-state index >= 15 is 0 Å². The van der Waals surface area contributed by atoms with Crippen molar-refractivity contribution in [2.45, 2.75) is 38.0 Å². The van der Waals surface area contributed by atoms with Crippen LogP contribution in [-0.2, 0) is 28.7 Å². The summed E-state index contributed by atoms with van der Waals surface area (Å²) in [5, 5.41) is 15.0. The Morgan fingerprint density at radius 3 is 2.51 bits per heavy atom. The van der Waals surface area contributed by atoms with Crippen molar-refractivity contribution in [1.82, 2.24) is 25.1 Å². The fraction of sp³-hybridized carbons (Fsp3) is 0.300. The Morgan fingerprint density at radius 2 is 1.84 bits per heavy atom. The number of hydrogen-bond donors (Lipinski definition) is 2. The molecule has 0 unspecified atom stereocenters. The van der Waals surface area contributed by atoms with Crippen LogP contribution >= 0.6 is 0 Å². The summed E-state index contributed by atoms with van der Waals surface area (Å²) in [5.41, 5.74) is -0.147. The Labute approximate surface area is 244 Å². The molecule has 0 bridgehead atoms. The van der Waals surface area contributed by atoms with Gasteiger partial charge in [0.2, 0.25) is 5.91 Å². The van der Waals surface area contributed by atoms with Gasteiger partial charge < -0.3 is 15.3 Å². The number of halogens is 4. The Bertz CT molecular complexity index is 1520. The van der Waals surface area contributed by atoms with Gasteiger partial charge in [-0.15, -0.1) is 0 Å². The quantitative estimate of drug-likeness (QED) is 0.484. The first-order valence-corrected chi connectivity index (χ1v) is 13.5. The Balaban J connectivity index is 1.54. The van der Waals surface area contributed by atoms with Crippen LogP contribution in [0.3, 0.4) is 0 Å². The van der Waals surface area contributed by atoms with Crippen LogP contribution in [0.15, 0.2) is 78.3 Å². The topological polar surface area (TPSA) is 96.4 Å². The number of phenolic OH excluding ortho intramolecular Hbond substituents is 1. The maximum atomic E-state index is 13.9. The number of carbonyl (C=O) groups is 3. The number of carbonyl (C=O) groups excluding carboxylic acids is 3. The zero-order valence-corrected chi connectivity index (χ0v) is 23.1. The molecule has 226 valence electrons. The van der Waals surface area contributed by atoms with Crippen molar-refractivity contribution in [3.05, 3.63) is 101 Å². The lowest BCUT2D eigenvalue weighted by atomic mass is 9.99. The van der Waals surface area contributed by atoms with Gasteiger partial charge in [-0.05, 0) is 53.8 Å². The number of rotatable bonds is 6. The molecule has 13 heteroatoms. The molecule has 2 aromatic carbocycles. The highest BCUT2D eigenvalue weighted by molar-refractivity contribution is 5.94. The molecule has 3 aliphatic rings. The number of urea groups is 1. The standard InChI is InChI=1S/C30H29F4N5O4/c1-36-18-27(41)38-25(13-19-7-11-23(40)12-8-19)28(42)37(16-21-9-10-22(31)14-24(21)30(32,33)34)17-26(38)39(36)29(43)35-15-20-5-3-2-4-6-20/h3,5-12,14,17,25,40H,2,4,13,15-16,18H2,1H3,(H,35,43)/t25-/m0/s1. The third-order valence-corrected chi connectivity index (χ3v) is 7.38. The maximum absolute atomic E-state index is 13.9. The van der Waals surface area contributed by atoms with Crippen LogP contribution in [0.2, 0.25) is 0 Å². The van der Waals surface area contributed by atoms with Gasteiger partial charge in [0, 0.05) is 20.0 Å². The van der Waals surface area contributed by atoms with Gasteiger partial charge in [-0.1, -0.05) is 36.4 Å². The smallest absolute Gasteiger partial charge is 0.416 e. The third-order valence-electron chi connectivity index (χ3n) is 7.38. The summed E-state index contributed by atoms with van der Waals surface area (Å²) in [5.74, 6) is -2.31. The van der Waals surface area contributed by atoms with Crippen molar-refractivity contribution in [3.63, 3.8) is 0 Å². The predicted molar refractivity (Wildman–Crippen MR) is 147 cm³/mol. The van der Waals surface area contributed by atoms with Crippen molar-refractivity contribution in [1.29, 1.82) is 0 Å². The zero-order valence-electron chi connectivity index (χ0n) is 23.1. The van der Waals surface area contributed by atoms with Gasteiger partial charge in [-0.3, -0.25) is 14.5 Å². The molecule has 2 aliphatic heterocycles. The molecule has 0 saturated carbocycles. The average Bonchev–Trinajstić information content (AvgIpc) is 2.96. The number of hydrogen-bond acceptors (Lipinski definition) is 5. The molecule has 1 aliphatic carbocycles. The van der Waals surface area contributed by atoms with E-state index in [1.165, 1.54) is 40.3 Å². The van der Waals surface area contributed by atoms with E-state index < -0.39 is 48.0 Å². The number of fused-ring (bicyclic) bond motifs is 1. The second kappa shape index (κ2) is 11.9. The summed E-state index contributed by atoms with van der Waals surface area (Å²) < 4.78 is 55.3. The first-order valence-electron chi connectivity index (χ1n) is 13.5. The highest BCUT2D eigenvalue weighted by atomic mass is 19.4. The molecule has 43 heavy (non-hydrogen) atoms. The Morgan fingerprint density at radius 1 is 1.09 bits per heavy atom. The lowest BCUT2D eigenvalue weighted by molar-refractivity contribution is -0.156. The van der Waals surface area contributed by atoms with Gasteiger partial charge in [-0.2, -0.15) is 13.2 Å². The second-order valence-electron chi connectivity index (χ2n) is 10.4. The molecule has 5 rings (SSSR count). The number of benzene rings is 2. The third kappa shape index (κ3) is 6.41. The molecule has 2 heterocycles. The van der Waals surface area contributed by atoms with Crippen molar-refractivity contribution < 1.29 is 37.1 Å². The summed E-state index contributed by atoms with van der Waals surface area (Å²) in [7, 11) is 1.51. The summed E-state index contributed by atoms with van der Waals surface area (Å²) in [6.45, 7) is -0.643. The highest BCUT2D eigenvalue weighted by Gasteiger charge is 2.47. The van der Waals surface area contributed by atoms with E-state index in [0.29, 0.717) is 11.6 Å².